The number of carbonyl (C=O) groups is 2. The first-order valence-electron chi connectivity index (χ1n) is 5.63. The maximum absolute atomic E-state index is 12.0. The number of carboxylic acids is 1. The van der Waals surface area contributed by atoms with Gasteiger partial charge in [-0.15, -0.1) is 0 Å². The van der Waals surface area contributed by atoms with Crippen LogP contribution in [-0.2, 0) is 4.79 Å². The molecule has 1 heterocycles. The van der Waals surface area contributed by atoms with Crippen molar-refractivity contribution in [3.05, 3.63) is 36.1 Å². The Hall–Kier alpha value is -2.30. The van der Waals surface area contributed by atoms with Crippen molar-refractivity contribution in [1.29, 1.82) is 0 Å². The summed E-state index contributed by atoms with van der Waals surface area (Å²) in [7, 11) is 0. The van der Waals surface area contributed by atoms with E-state index in [2.05, 4.69) is 5.32 Å². The lowest BCUT2D eigenvalue weighted by Crippen LogP contribution is -2.40. The maximum atomic E-state index is 12.0. The number of furan rings is 1. The van der Waals surface area contributed by atoms with Gasteiger partial charge in [-0.25, -0.2) is 4.79 Å². The maximum Gasteiger partial charge on any atom is 0.326 e. The zero-order valence-electron chi connectivity index (χ0n) is 9.84. The zero-order chi connectivity index (χ0) is 13.1. The number of rotatable bonds is 4. The van der Waals surface area contributed by atoms with E-state index in [0.717, 1.165) is 0 Å². The number of aliphatic carboxylic acids is 1. The highest BCUT2D eigenvalue weighted by molar-refractivity contribution is 6.06. The number of nitrogens with one attached hydrogen (secondary N) is 1. The molecule has 0 aliphatic carbocycles. The molecule has 1 aromatic heterocycles. The largest absolute Gasteiger partial charge is 0.480 e. The summed E-state index contributed by atoms with van der Waals surface area (Å²) in [6.45, 7) is 1.70. The van der Waals surface area contributed by atoms with Crippen molar-refractivity contribution < 1.29 is 19.1 Å². The number of amides is 1. The highest BCUT2D eigenvalue weighted by Gasteiger charge is 2.20. The normalized spacial score (nSPS) is 12.3. The molecular weight excluding hydrogens is 234 g/mol. The molecule has 0 unspecified atom stereocenters. The molecule has 0 aliphatic rings. The molecule has 0 bridgehead atoms. The Morgan fingerprint density at radius 1 is 1.39 bits per heavy atom. The van der Waals surface area contributed by atoms with Gasteiger partial charge in [0.15, 0.2) is 0 Å². The van der Waals surface area contributed by atoms with Crippen molar-refractivity contribution in [2.75, 3.05) is 0 Å². The molecule has 0 aliphatic heterocycles. The predicted octanol–water partition coefficient (Wildman–Crippen LogP) is 2.03. The summed E-state index contributed by atoms with van der Waals surface area (Å²) in [6.07, 6.45) is 1.67. The van der Waals surface area contributed by atoms with Crippen LogP contribution in [0, 0.1) is 0 Å². The van der Waals surface area contributed by atoms with Gasteiger partial charge in [0.1, 0.15) is 17.9 Å². The van der Waals surface area contributed by atoms with Gasteiger partial charge in [0.25, 0.3) is 5.91 Å². The summed E-state index contributed by atoms with van der Waals surface area (Å²) in [5.41, 5.74) is 0.955. The van der Waals surface area contributed by atoms with Crippen molar-refractivity contribution in [2.24, 2.45) is 0 Å². The predicted molar refractivity (Wildman–Crippen MR) is 65.4 cm³/mol. The minimum absolute atomic E-state index is 0.330. The molecule has 2 N–H and O–H groups in total. The Morgan fingerprint density at radius 3 is 2.78 bits per heavy atom. The number of hydrogen-bond acceptors (Lipinski definition) is 3. The second-order valence-electron chi connectivity index (χ2n) is 3.92. The average Bonchev–Trinajstić information content (AvgIpc) is 2.79. The van der Waals surface area contributed by atoms with Gasteiger partial charge in [0.05, 0.1) is 5.56 Å². The molecule has 0 spiro atoms. The third-order valence-electron chi connectivity index (χ3n) is 2.74. The van der Waals surface area contributed by atoms with Crippen LogP contribution >= 0.6 is 0 Å². The number of carboxylic acid groups (broad SMARTS) is 1. The van der Waals surface area contributed by atoms with Crippen LogP contribution in [0.3, 0.4) is 0 Å². The quantitative estimate of drug-likeness (QED) is 0.866. The Kier molecular flexibility index (Phi) is 3.32. The third-order valence-corrected chi connectivity index (χ3v) is 2.74. The molecule has 0 radical (unpaired) electrons. The van der Waals surface area contributed by atoms with Gasteiger partial charge in [-0.1, -0.05) is 25.1 Å². The minimum Gasteiger partial charge on any atom is -0.480 e. The van der Waals surface area contributed by atoms with Crippen LogP contribution in [0.1, 0.15) is 23.7 Å². The number of hydrogen-bond donors (Lipinski definition) is 2. The Labute approximate surface area is 103 Å². The van der Waals surface area contributed by atoms with Crippen LogP contribution in [0.2, 0.25) is 0 Å². The molecule has 2 aromatic rings. The average molecular weight is 247 g/mol. The van der Waals surface area contributed by atoms with Crippen molar-refractivity contribution in [1.82, 2.24) is 5.32 Å². The molecular formula is C13H13NO4. The van der Waals surface area contributed by atoms with E-state index in [4.69, 9.17) is 9.52 Å². The molecule has 5 nitrogen and oxygen atoms in total. The highest BCUT2D eigenvalue weighted by Crippen LogP contribution is 2.20. The molecule has 1 aromatic carbocycles. The molecule has 94 valence electrons. The van der Waals surface area contributed by atoms with Crippen LogP contribution in [0.4, 0.5) is 0 Å². The monoisotopic (exact) mass is 247 g/mol. The first-order chi connectivity index (χ1) is 8.63. The molecule has 0 fully saturated rings. The number of para-hydroxylation sites is 1. The van der Waals surface area contributed by atoms with Gasteiger partial charge >= 0.3 is 5.97 Å². The summed E-state index contributed by atoms with van der Waals surface area (Å²) in [5, 5.41) is 12.0. The van der Waals surface area contributed by atoms with E-state index < -0.39 is 17.9 Å². The molecule has 0 saturated heterocycles. The van der Waals surface area contributed by atoms with E-state index in [0.29, 0.717) is 23.0 Å². The van der Waals surface area contributed by atoms with E-state index in [1.165, 1.54) is 6.26 Å². The van der Waals surface area contributed by atoms with Crippen LogP contribution in [0.25, 0.3) is 11.0 Å². The zero-order valence-corrected chi connectivity index (χ0v) is 9.84. The fraction of sp³-hybridized carbons (Fsp3) is 0.231. The lowest BCUT2D eigenvalue weighted by molar-refractivity contribution is -0.139. The molecule has 18 heavy (non-hydrogen) atoms. The Bertz CT molecular complexity index is 587. The first kappa shape index (κ1) is 12.2. The number of carbonyl (C=O) groups excluding carboxylic acids is 1. The van der Waals surface area contributed by atoms with Crippen molar-refractivity contribution in [2.45, 2.75) is 19.4 Å². The van der Waals surface area contributed by atoms with Crippen LogP contribution in [0.5, 0.6) is 0 Å². The minimum atomic E-state index is -1.04. The number of fused-ring (bicyclic) bond motifs is 1. The van der Waals surface area contributed by atoms with E-state index >= 15 is 0 Å². The summed E-state index contributed by atoms with van der Waals surface area (Å²) in [5.74, 6) is -1.48. The number of benzene rings is 1. The van der Waals surface area contributed by atoms with Gasteiger partial charge in [-0.2, -0.15) is 0 Å². The van der Waals surface area contributed by atoms with E-state index in [1.807, 2.05) is 0 Å². The smallest absolute Gasteiger partial charge is 0.326 e. The summed E-state index contributed by atoms with van der Waals surface area (Å²) >= 11 is 0. The van der Waals surface area contributed by atoms with E-state index in [9.17, 15) is 9.59 Å². The molecule has 5 heteroatoms. The Morgan fingerprint density at radius 2 is 2.11 bits per heavy atom. The topological polar surface area (TPSA) is 79.5 Å². The fourth-order valence-electron chi connectivity index (χ4n) is 1.73. The molecule has 0 saturated carbocycles. The van der Waals surface area contributed by atoms with Crippen LogP contribution in [0.15, 0.2) is 34.9 Å². The lowest BCUT2D eigenvalue weighted by Gasteiger charge is -2.11. The van der Waals surface area contributed by atoms with Crippen molar-refractivity contribution in [3.8, 4) is 0 Å². The van der Waals surface area contributed by atoms with Gasteiger partial charge in [0, 0.05) is 5.39 Å². The first-order valence-corrected chi connectivity index (χ1v) is 5.63. The second-order valence-corrected chi connectivity index (χ2v) is 3.92. The SMILES string of the molecule is CC[C@H](NC(=O)c1coc2ccccc12)C(=O)O. The second kappa shape index (κ2) is 4.91. The fourth-order valence-corrected chi connectivity index (χ4v) is 1.73. The van der Waals surface area contributed by atoms with Crippen LogP contribution < -0.4 is 5.32 Å². The molecule has 1 atom stereocenters. The lowest BCUT2D eigenvalue weighted by atomic mass is 10.1. The molecule has 2 rings (SSSR count). The van der Waals surface area contributed by atoms with Gasteiger partial charge in [-0.05, 0) is 12.5 Å². The van der Waals surface area contributed by atoms with Gasteiger partial charge in [0.2, 0.25) is 0 Å². The summed E-state index contributed by atoms with van der Waals surface area (Å²) < 4.78 is 5.24. The van der Waals surface area contributed by atoms with Gasteiger partial charge < -0.3 is 14.8 Å². The third kappa shape index (κ3) is 2.20. The molecule has 1 amide bonds. The van der Waals surface area contributed by atoms with Crippen LogP contribution in [-0.4, -0.2) is 23.0 Å². The highest BCUT2D eigenvalue weighted by atomic mass is 16.4. The summed E-state index contributed by atoms with van der Waals surface area (Å²) in [4.78, 5) is 22.8. The summed E-state index contributed by atoms with van der Waals surface area (Å²) in [6, 6.07) is 6.23. The standard InChI is InChI=1S/C13H13NO4/c1-2-10(13(16)17)14-12(15)9-7-18-11-6-4-3-5-8(9)11/h3-7,10H,2H2,1H3,(H,14,15)(H,16,17)/t10-/m0/s1. The van der Waals surface area contributed by atoms with E-state index in [1.54, 1.807) is 31.2 Å². The van der Waals surface area contributed by atoms with Gasteiger partial charge in [-0.3, -0.25) is 4.79 Å². The van der Waals surface area contributed by atoms with Crippen molar-refractivity contribution in [3.63, 3.8) is 0 Å². The Balaban J connectivity index is 2.26. The van der Waals surface area contributed by atoms with Crippen molar-refractivity contribution >= 4 is 22.8 Å². The van der Waals surface area contributed by atoms with E-state index in [-0.39, 0.29) is 0 Å².